The highest BCUT2D eigenvalue weighted by molar-refractivity contribution is 8.00. The molecule has 0 bridgehead atoms. The lowest BCUT2D eigenvalue weighted by Crippen LogP contribution is -2.44. The lowest BCUT2D eigenvalue weighted by atomic mass is 10.1. The Balaban J connectivity index is 1.44. The SMILES string of the molecule is C[C@]1(CNC(=O)NC[C@H]2OCCc3sccc32)CCCS1. The molecule has 2 aliphatic heterocycles. The molecule has 0 saturated carbocycles. The molecule has 1 fully saturated rings. The first kappa shape index (κ1) is 15.2. The molecule has 21 heavy (non-hydrogen) atoms. The number of ether oxygens (including phenoxy) is 1. The molecule has 2 amide bonds. The summed E-state index contributed by atoms with van der Waals surface area (Å²) in [5, 5.41) is 8.04. The fraction of sp³-hybridized carbons (Fsp3) is 0.667. The minimum atomic E-state index is -0.0883. The maximum absolute atomic E-state index is 12.0. The van der Waals surface area contributed by atoms with Gasteiger partial charge in [0.2, 0.25) is 0 Å². The number of carbonyl (C=O) groups excluding carboxylic acids is 1. The van der Waals surface area contributed by atoms with E-state index in [1.165, 1.54) is 29.0 Å². The molecular weight excluding hydrogens is 304 g/mol. The van der Waals surface area contributed by atoms with Gasteiger partial charge >= 0.3 is 6.03 Å². The van der Waals surface area contributed by atoms with E-state index >= 15 is 0 Å². The van der Waals surface area contributed by atoms with Crippen molar-refractivity contribution in [2.45, 2.75) is 37.0 Å². The third-order valence-electron chi connectivity index (χ3n) is 4.15. The third-order valence-corrected chi connectivity index (χ3v) is 6.68. The fourth-order valence-corrected chi connectivity index (χ4v) is 5.04. The summed E-state index contributed by atoms with van der Waals surface area (Å²) in [7, 11) is 0. The first-order valence-electron chi connectivity index (χ1n) is 7.50. The van der Waals surface area contributed by atoms with Crippen LogP contribution in [0.4, 0.5) is 4.79 Å². The molecule has 1 aromatic heterocycles. The van der Waals surface area contributed by atoms with Crippen LogP contribution in [0.2, 0.25) is 0 Å². The van der Waals surface area contributed by atoms with Crippen molar-refractivity contribution in [2.24, 2.45) is 0 Å². The third kappa shape index (κ3) is 3.73. The second kappa shape index (κ2) is 6.58. The molecule has 116 valence electrons. The monoisotopic (exact) mass is 326 g/mol. The van der Waals surface area contributed by atoms with Gasteiger partial charge in [0.05, 0.1) is 6.61 Å². The number of thiophene rings is 1. The van der Waals surface area contributed by atoms with Crippen LogP contribution >= 0.6 is 23.1 Å². The summed E-state index contributed by atoms with van der Waals surface area (Å²) in [6, 6.07) is 2.02. The van der Waals surface area contributed by atoms with E-state index < -0.39 is 0 Å². The molecule has 1 saturated heterocycles. The molecule has 4 nitrogen and oxygen atoms in total. The van der Waals surface area contributed by atoms with Crippen LogP contribution in [0.25, 0.3) is 0 Å². The Bertz CT molecular complexity index is 498. The molecule has 6 heteroatoms. The zero-order chi connectivity index (χ0) is 14.7. The van der Waals surface area contributed by atoms with Gasteiger partial charge in [0.1, 0.15) is 6.10 Å². The van der Waals surface area contributed by atoms with Gasteiger partial charge in [0.15, 0.2) is 0 Å². The van der Waals surface area contributed by atoms with Crippen LogP contribution in [0.15, 0.2) is 11.4 Å². The van der Waals surface area contributed by atoms with Gasteiger partial charge in [-0.1, -0.05) is 0 Å². The Labute approximate surface area is 134 Å². The summed E-state index contributed by atoms with van der Waals surface area (Å²) >= 11 is 3.74. The topological polar surface area (TPSA) is 50.4 Å². The average Bonchev–Trinajstić information content (AvgIpc) is 3.12. The summed E-state index contributed by atoms with van der Waals surface area (Å²) in [6.45, 7) is 4.25. The Hall–Kier alpha value is -0.720. The standard InChI is InChI=1S/C15H22N2O2S2/c1-15(5-2-7-21-15)10-17-14(18)16-9-12-11-4-8-20-13(11)3-6-19-12/h4,8,12H,2-3,5-7,9-10H2,1H3,(H2,16,17,18)/t12-,15-/m1/s1. The summed E-state index contributed by atoms with van der Waals surface area (Å²) in [5.74, 6) is 1.21. The van der Waals surface area contributed by atoms with Gasteiger partial charge in [-0.05, 0) is 42.5 Å². The number of nitrogens with one attached hydrogen (secondary N) is 2. The maximum atomic E-state index is 12.0. The van der Waals surface area contributed by atoms with E-state index in [9.17, 15) is 4.79 Å². The van der Waals surface area contributed by atoms with E-state index in [4.69, 9.17) is 4.74 Å². The molecule has 2 N–H and O–H groups in total. The number of hydrogen-bond acceptors (Lipinski definition) is 4. The number of thioether (sulfide) groups is 1. The highest BCUT2D eigenvalue weighted by atomic mass is 32.2. The van der Waals surface area contributed by atoms with E-state index in [2.05, 4.69) is 29.0 Å². The van der Waals surface area contributed by atoms with Gasteiger partial charge in [0, 0.05) is 29.1 Å². The summed E-state index contributed by atoms with van der Waals surface area (Å²) in [6.07, 6.45) is 3.43. The van der Waals surface area contributed by atoms with Gasteiger partial charge in [-0.15, -0.1) is 11.3 Å². The molecule has 3 heterocycles. The van der Waals surface area contributed by atoms with Crippen LogP contribution in [-0.2, 0) is 11.2 Å². The average molecular weight is 326 g/mol. The zero-order valence-corrected chi connectivity index (χ0v) is 13.9. The quantitative estimate of drug-likeness (QED) is 0.894. The Morgan fingerprint density at radius 3 is 3.24 bits per heavy atom. The Morgan fingerprint density at radius 2 is 2.43 bits per heavy atom. The molecule has 0 spiro atoms. The molecule has 2 aliphatic rings. The maximum Gasteiger partial charge on any atom is 0.314 e. The normalized spacial score (nSPS) is 28.1. The van der Waals surface area contributed by atoms with Gasteiger partial charge in [-0.3, -0.25) is 0 Å². The molecule has 0 unspecified atom stereocenters. The van der Waals surface area contributed by atoms with Crippen LogP contribution in [0.5, 0.6) is 0 Å². The van der Waals surface area contributed by atoms with Crippen molar-refractivity contribution in [1.82, 2.24) is 10.6 Å². The largest absolute Gasteiger partial charge is 0.371 e. The van der Waals surface area contributed by atoms with Crippen LogP contribution in [-0.4, -0.2) is 36.2 Å². The summed E-state index contributed by atoms with van der Waals surface area (Å²) < 4.78 is 5.98. The Kier molecular flexibility index (Phi) is 4.76. The Morgan fingerprint density at radius 1 is 1.52 bits per heavy atom. The van der Waals surface area contributed by atoms with Crippen molar-refractivity contribution in [2.75, 3.05) is 25.4 Å². The summed E-state index contributed by atoms with van der Waals surface area (Å²) in [4.78, 5) is 13.3. The second-order valence-electron chi connectivity index (χ2n) is 5.87. The van der Waals surface area contributed by atoms with Crippen molar-refractivity contribution < 1.29 is 9.53 Å². The van der Waals surface area contributed by atoms with E-state index in [-0.39, 0.29) is 16.9 Å². The number of urea groups is 1. The van der Waals surface area contributed by atoms with Gasteiger partial charge in [-0.2, -0.15) is 11.8 Å². The molecule has 3 rings (SSSR count). The van der Waals surface area contributed by atoms with E-state index in [0.29, 0.717) is 6.54 Å². The van der Waals surface area contributed by atoms with Crippen molar-refractivity contribution in [1.29, 1.82) is 0 Å². The molecule has 2 atom stereocenters. The lowest BCUT2D eigenvalue weighted by Gasteiger charge is -2.25. The van der Waals surface area contributed by atoms with Crippen LogP contribution < -0.4 is 10.6 Å². The van der Waals surface area contributed by atoms with Crippen LogP contribution in [0.3, 0.4) is 0 Å². The van der Waals surface area contributed by atoms with Crippen molar-refractivity contribution in [3.63, 3.8) is 0 Å². The van der Waals surface area contributed by atoms with E-state index in [1.807, 2.05) is 11.8 Å². The van der Waals surface area contributed by atoms with Crippen molar-refractivity contribution in [3.8, 4) is 0 Å². The van der Waals surface area contributed by atoms with Crippen molar-refractivity contribution >= 4 is 29.1 Å². The van der Waals surface area contributed by atoms with Crippen LogP contribution in [0.1, 0.15) is 36.3 Å². The molecule has 0 aliphatic carbocycles. The number of amides is 2. The van der Waals surface area contributed by atoms with Gasteiger partial charge < -0.3 is 15.4 Å². The second-order valence-corrected chi connectivity index (χ2v) is 8.56. The summed E-state index contributed by atoms with van der Waals surface area (Å²) in [5.41, 5.74) is 1.24. The predicted molar refractivity (Wildman–Crippen MR) is 88.2 cm³/mol. The molecular formula is C15H22N2O2S2. The van der Waals surface area contributed by atoms with E-state index in [0.717, 1.165) is 19.6 Å². The predicted octanol–water partition coefficient (Wildman–Crippen LogP) is 2.95. The number of fused-ring (bicyclic) bond motifs is 1. The number of carbonyl (C=O) groups is 1. The molecule has 0 radical (unpaired) electrons. The first-order valence-corrected chi connectivity index (χ1v) is 9.36. The molecule has 1 aromatic rings. The highest BCUT2D eigenvalue weighted by Gasteiger charge is 2.30. The lowest BCUT2D eigenvalue weighted by molar-refractivity contribution is 0.0454. The fourth-order valence-electron chi connectivity index (χ4n) is 2.88. The van der Waals surface area contributed by atoms with Gasteiger partial charge in [-0.25, -0.2) is 4.79 Å². The smallest absolute Gasteiger partial charge is 0.314 e. The molecule has 0 aromatic carbocycles. The van der Waals surface area contributed by atoms with Crippen LogP contribution in [0, 0.1) is 0 Å². The zero-order valence-electron chi connectivity index (χ0n) is 12.3. The number of hydrogen-bond donors (Lipinski definition) is 2. The van der Waals surface area contributed by atoms with Crippen molar-refractivity contribution in [3.05, 3.63) is 21.9 Å². The first-order chi connectivity index (χ1) is 10.2. The minimum absolute atomic E-state index is 0.00203. The highest BCUT2D eigenvalue weighted by Crippen LogP contribution is 2.37. The van der Waals surface area contributed by atoms with Gasteiger partial charge in [0.25, 0.3) is 0 Å². The minimum Gasteiger partial charge on any atom is -0.371 e. The number of rotatable bonds is 4. The van der Waals surface area contributed by atoms with E-state index in [1.54, 1.807) is 11.3 Å².